The molecule has 176 valence electrons. The maximum Gasteiger partial charge on any atom is 0.266 e. The number of piperazine rings is 1. The van der Waals surface area contributed by atoms with Crippen LogP contribution in [0.2, 0.25) is 0 Å². The smallest absolute Gasteiger partial charge is 0.266 e. The highest BCUT2D eigenvalue weighted by atomic mass is 19.3. The van der Waals surface area contributed by atoms with E-state index < -0.39 is 23.8 Å². The largest absolute Gasteiger partial charge is 0.363 e. The highest BCUT2D eigenvalue weighted by Crippen LogP contribution is 2.33. The summed E-state index contributed by atoms with van der Waals surface area (Å²) in [6, 6.07) is 5.09. The van der Waals surface area contributed by atoms with E-state index in [1.807, 2.05) is 11.0 Å². The average Bonchev–Trinajstić information content (AvgIpc) is 3.31. The molecule has 1 aliphatic rings. The minimum Gasteiger partial charge on any atom is -0.363 e. The standard InChI is InChI=1S/C22H21F3N8O/c1-12(13-4-3-5-14(18(13)23)19(24)25)29-20-15-8-16(32-7-6-31(2)17(34)9-32)22-30-28-11-33(22)21(15)27-10-26-20/h3-5,8,10-12,19H,6-7,9H2,1-2H3,(H,26,27,29)/t12-/m1/s1. The second-order valence-electron chi connectivity index (χ2n) is 8.17. The fourth-order valence-electron chi connectivity index (χ4n) is 4.14. The minimum atomic E-state index is -2.91. The van der Waals surface area contributed by atoms with Gasteiger partial charge in [0.1, 0.15) is 24.3 Å². The number of carbonyl (C=O) groups is 1. The van der Waals surface area contributed by atoms with Gasteiger partial charge >= 0.3 is 0 Å². The summed E-state index contributed by atoms with van der Waals surface area (Å²) in [5.41, 5.74) is 1.18. The molecule has 1 amide bonds. The monoisotopic (exact) mass is 470 g/mol. The zero-order valence-corrected chi connectivity index (χ0v) is 18.4. The number of halogens is 3. The van der Waals surface area contributed by atoms with Crippen LogP contribution in [0.1, 0.15) is 30.5 Å². The highest BCUT2D eigenvalue weighted by Gasteiger charge is 2.26. The van der Waals surface area contributed by atoms with Crippen molar-refractivity contribution in [1.82, 2.24) is 29.5 Å². The molecule has 1 aromatic carbocycles. The third-order valence-corrected chi connectivity index (χ3v) is 6.06. The molecule has 5 rings (SSSR count). The molecule has 1 N–H and O–H groups in total. The van der Waals surface area contributed by atoms with Crippen LogP contribution < -0.4 is 10.2 Å². The summed E-state index contributed by atoms with van der Waals surface area (Å²) >= 11 is 0. The van der Waals surface area contributed by atoms with E-state index in [2.05, 4.69) is 25.5 Å². The van der Waals surface area contributed by atoms with E-state index >= 15 is 0 Å². The predicted molar refractivity (Wildman–Crippen MR) is 119 cm³/mol. The third kappa shape index (κ3) is 3.64. The van der Waals surface area contributed by atoms with Gasteiger partial charge in [0.2, 0.25) is 5.91 Å². The molecule has 1 aliphatic heterocycles. The summed E-state index contributed by atoms with van der Waals surface area (Å²) in [5.74, 6) is -0.583. The van der Waals surface area contributed by atoms with Crippen LogP contribution in [-0.2, 0) is 4.79 Å². The van der Waals surface area contributed by atoms with Gasteiger partial charge in [-0.25, -0.2) is 23.1 Å². The lowest BCUT2D eigenvalue weighted by molar-refractivity contribution is -0.129. The lowest BCUT2D eigenvalue weighted by atomic mass is 10.0. The molecule has 12 heteroatoms. The molecule has 4 heterocycles. The molecule has 0 radical (unpaired) electrons. The number of alkyl halides is 2. The van der Waals surface area contributed by atoms with Gasteiger partial charge in [-0.3, -0.25) is 9.20 Å². The predicted octanol–water partition coefficient (Wildman–Crippen LogP) is 3.20. The van der Waals surface area contributed by atoms with Crippen molar-refractivity contribution in [1.29, 1.82) is 0 Å². The van der Waals surface area contributed by atoms with Gasteiger partial charge in [-0.05, 0) is 13.0 Å². The quantitative estimate of drug-likeness (QED) is 0.479. The maximum atomic E-state index is 14.7. The van der Waals surface area contributed by atoms with Crippen LogP contribution in [-0.4, -0.2) is 62.1 Å². The van der Waals surface area contributed by atoms with Crippen LogP contribution in [0.15, 0.2) is 36.9 Å². The summed E-state index contributed by atoms with van der Waals surface area (Å²) in [6.45, 7) is 3.01. The summed E-state index contributed by atoms with van der Waals surface area (Å²) in [6.07, 6.45) is -0.0461. The second kappa shape index (κ2) is 8.43. The number of anilines is 2. The minimum absolute atomic E-state index is 0.0188. The van der Waals surface area contributed by atoms with E-state index in [9.17, 15) is 18.0 Å². The van der Waals surface area contributed by atoms with Gasteiger partial charge < -0.3 is 15.1 Å². The topological polar surface area (TPSA) is 91.5 Å². The summed E-state index contributed by atoms with van der Waals surface area (Å²) in [5, 5.41) is 11.9. The first-order valence-corrected chi connectivity index (χ1v) is 10.6. The first-order chi connectivity index (χ1) is 16.3. The van der Waals surface area contributed by atoms with Gasteiger partial charge in [0.15, 0.2) is 11.3 Å². The highest BCUT2D eigenvalue weighted by molar-refractivity contribution is 5.95. The van der Waals surface area contributed by atoms with E-state index in [-0.39, 0.29) is 18.0 Å². The number of benzene rings is 1. The Balaban J connectivity index is 1.58. The molecule has 34 heavy (non-hydrogen) atoms. The van der Waals surface area contributed by atoms with Crippen molar-refractivity contribution in [2.24, 2.45) is 0 Å². The van der Waals surface area contributed by atoms with Gasteiger partial charge in [0.25, 0.3) is 6.43 Å². The number of nitrogens with one attached hydrogen (secondary N) is 1. The van der Waals surface area contributed by atoms with Crippen LogP contribution in [0.3, 0.4) is 0 Å². The molecule has 9 nitrogen and oxygen atoms in total. The molecule has 0 bridgehead atoms. The molecule has 1 saturated heterocycles. The number of amides is 1. The number of likely N-dealkylation sites (N-methyl/N-ethyl adjacent to an activating group) is 1. The van der Waals surface area contributed by atoms with Gasteiger partial charge in [-0.2, -0.15) is 0 Å². The van der Waals surface area contributed by atoms with Crippen molar-refractivity contribution < 1.29 is 18.0 Å². The molecule has 3 aromatic heterocycles. The first-order valence-electron chi connectivity index (χ1n) is 10.6. The number of carbonyl (C=O) groups excluding carboxylic acids is 1. The number of hydrogen-bond acceptors (Lipinski definition) is 7. The Bertz CT molecular complexity index is 1390. The molecule has 1 atom stereocenters. The Morgan fingerprint density at radius 2 is 1.91 bits per heavy atom. The van der Waals surface area contributed by atoms with Gasteiger partial charge in [0, 0.05) is 25.7 Å². The maximum absolute atomic E-state index is 14.7. The molecular weight excluding hydrogens is 449 g/mol. The fraction of sp³-hybridized carbons (Fsp3) is 0.318. The molecule has 0 unspecified atom stereocenters. The molecule has 0 aliphatic carbocycles. The normalized spacial score (nSPS) is 15.5. The van der Waals surface area contributed by atoms with Crippen molar-refractivity contribution in [2.45, 2.75) is 19.4 Å². The summed E-state index contributed by atoms with van der Waals surface area (Å²) in [4.78, 5) is 24.6. The van der Waals surface area contributed by atoms with Crippen molar-refractivity contribution in [3.8, 4) is 0 Å². The van der Waals surface area contributed by atoms with Crippen LogP contribution >= 0.6 is 0 Å². The third-order valence-electron chi connectivity index (χ3n) is 6.06. The Kier molecular flexibility index (Phi) is 5.42. The van der Waals surface area contributed by atoms with Crippen LogP contribution in [0.4, 0.5) is 24.7 Å². The van der Waals surface area contributed by atoms with Crippen LogP contribution in [0.5, 0.6) is 0 Å². The summed E-state index contributed by atoms with van der Waals surface area (Å²) in [7, 11) is 1.76. The number of aromatic nitrogens is 5. The Hall–Kier alpha value is -3.96. The van der Waals surface area contributed by atoms with E-state index in [0.717, 1.165) is 6.07 Å². The van der Waals surface area contributed by atoms with Crippen molar-refractivity contribution in [2.75, 3.05) is 36.9 Å². The van der Waals surface area contributed by atoms with Crippen molar-refractivity contribution >= 4 is 34.1 Å². The number of hydrogen-bond donors (Lipinski definition) is 1. The Morgan fingerprint density at radius 1 is 1.12 bits per heavy atom. The lowest BCUT2D eigenvalue weighted by Gasteiger charge is -2.33. The fourth-order valence-corrected chi connectivity index (χ4v) is 4.14. The number of nitrogens with zero attached hydrogens (tertiary/aromatic N) is 7. The second-order valence-corrected chi connectivity index (χ2v) is 8.17. The van der Waals surface area contributed by atoms with Crippen LogP contribution in [0.25, 0.3) is 16.7 Å². The number of rotatable bonds is 5. The molecular formula is C22H21F3N8O. The SMILES string of the molecule is C[C@@H](Nc1ncnc2c1cc(N1CCN(C)C(=O)C1)c1nncn12)c1cccc(C(F)F)c1F. The Labute approximate surface area is 192 Å². The van der Waals surface area contributed by atoms with Crippen LogP contribution in [0, 0.1) is 5.82 Å². The van der Waals surface area contributed by atoms with E-state index in [0.29, 0.717) is 41.3 Å². The van der Waals surface area contributed by atoms with E-state index in [1.165, 1.54) is 24.8 Å². The average molecular weight is 470 g/mol. The molecule has 4 aromatic rings. The van der Waals surface area contributed by atoms with E-state index in [4.69, 9.17) is 0 Å². The molecule has 1 fully saturated rings. The van der Waals surface area contributed by atoms with Gasteiger partial charge in [0.05, 0.1) is 29.2 Å². The lowest BCUT2D eigenvalue weighted by Crippen LogP contribution is -2.48. The van der Waals surface area contributed by atoms with Gasteiger partial charge in [-0.15, -0.1) is 10.2 Å². The summed E-state index contributed by atoms with van der Waals surface area (Å²) < 4.78 is 42.8. The molecule has 0 saturated carbocycles. The first kappa shape index (κ1) is 21.9. The number of pyridine rings is 1. The van der Waals surface area contributed by atoms with Gasteiger partial charge in [-0.1, -0.05) is 18.2 Å². The van der Waals surface area contributed by atoms with Crippen molar-refractivity contribution in [3.63, 3.8) is 0 Å². The van der Waals surface area contributed by atoms with E-state index in [1.54, 1.807) is 23.3 Å². The number of fused-ring (bicyclic) bond motifs is 3. The van der Waals surface area contributed by atoms with Crippen molar-refractivity contribution in [3.05, 3.63) is 53.9 Å². The molecule has 0 spiro atoms. The zero-order valence-electron chi connectivity index (χ0n) is 18.4. The Morgan fingerprint density at radius 3 is 2.68 bits per heavy atom. The zero-order chi connectivity index (χ0) is 24.0.